The molecule has 0 saturated carbocycles. The first kappa shape index (κ1) is 14.7. The molecule has 1 amide bonds. The molecule has 4 heteroatoms. The van der Waals surface area contributed by atoms with Crippen LogP contribution in [0.25, 0.3) is 0 Å². The van der Waals surface area contributed by atoms with Crippen molar-refractivity contribution in [2.45, 2.75) is 19.3 Å². The summed E-state index contributed by atoms with van der Waals surface area (Å²) in [5, 5.41) is 0. The number of nitrogens with zero attached hydrogens (tertiary/aromatic N) is 2. The number of hydrogen-bond donors (Lipinski definition) is 0. The van der Waals surface area contributed by atoms with Crippen molar-refractivity contribution < 1.29 is 9.18 Å². The summed E-state index contributed by atoms with van der Waals surface area (Å²) in [5.41, 5.74) is 1.87. The molecular weight excluding hydrogens is 279 g/mol. The Hall–Kier alpha value is -2.23. The van der Waals surface area contributed by atoms with E-state index in [4.69, 9.17) is 0 Å². The van der Waals surface area contributed by atoms with E-state index in [2.05, 4.69) is 4.98 Å². The third-order valence-corrected chi connectivity index (χ3v) is 4.27. The highest BCUT2D eigenvalue weighted by Gasteiger charge is 2.23. The van der Waals surface area contributed by atoms with E-state index in [0.717, 1.165) is 32.4 Å². The van der Waals surface area contributed by atoms with Crippen molar-refractivity contribution in [2.75, 3.05) is 13.1 Å². The van der Waals surface area contributed by atoms with Gasteiger partial charge in [0.25, 0.3) is 5.91 Å². The molecule has 1 saturated heterocycles. The van der Waals surface area contributed by atoms with Crippen LogP contribution >= 0.6 is 0 Å². The number of aromatic nitrogens is 1. The normalized spacial score (nSPS) is 15.8. The van der Waals surface area contributed by atoms with Crippen LogP contribution < -0.4 is 0 Å². The summed E-state index contributed by atoms with van der Waals surface area (Å²) < 4.78 is 12.9. The standard InChI is InChI=1S/C18H19FN2O/c19-17-3-1-14(2-4-17)13-15-7-11-21(12-8-15)18(22)16-5-9-20-10-6-16/h1-6,9-10,15H,7-8,11-13H2. The Morgan fingerprint density at radius 1 is 1.09 bits per heavy atom. The minimum Gasteiger partial charge on any atom is -0.339 e. The van der Waals surface area contributed by atoms with Crippen LogP contribution in [0.4, 0.5) is 4.39 Å². The molecule has 1 aliphatic heterocycles. The number of likely N-dealkylation sites (tertiary alicyclic amines) is 1. The van der Waals surface area contributed by atoms with E-state index >= 15 is 0 Å². The Morgan fingerprint density at radius 2 is 1.73 bits per heavy atom. The van der Waals surface area contributed by atoms with Gasteiger partial charge in [0.1, 0.15) is 5.82 Å². The highest BCUT2D eigenvalue weighted by molar-refractivity contribution is 5.94. The largest absolute Gasteiger partial charge is 0.339 e. The molecule has 0 atom stereocenters. The molecule has 0 radical (unpaired) electrons. The SMILES string of the molecule is O=C(c1ccncc1)N1CCC(Cc2ccc(F)cc2)CC1. The van der Waals surface area contributed by atoms with Crippen LogP contribution in [-0.2, 0) is 6.42 Å². The van der Waals surface area contributed by atoms with E-state index in [9.17, 15) is 9.18 Å². The molecule has 0 spiro atoms. The number of amides is 1. The minimum atomic E-state index is -0.193. The van der Waals surface area contributed by atoms with Gasteiger partial charge in [-0.05, 0) is 55.0 Å². The summed E-state index contributed by atoms with van der Waals surface area (Å²) in [6.45, 7) is 1.57. The first-order valence-corrected chi connectivity index (χ1v) is 7.66. The molecule has 1 fully saturated rings. The second-order valence-electron chi connectivity index (χ2n) is 5.80. The zero-order chi connectivity index (χ0) is 15.4. The number of pyridine rings is 1. The van der Waals surface area contributed by atoms with E-state index in [1.165, 1.54) is 17.7 Å². The summed E-state index contributed by atoms with van der Waals surface area (Å²) in [6, 6.07) is 10.2. The van der Waals surface area contributed by atoms with E-state index in [1.807, 2.05) is 17.0 Å². The maximum atomic E-state index is 12.9. The average Bonchev–Trinajstić information content (AvgIpc) is 2.58. The zero-order valence-corrected chi connectivity index (χ0v) is 12.4. The molecular formula is C18H19FN2O. The van der Waals surface area contributed by atoms with Gasteiger partial charge >= 0.3 is 0 Å². The molecule has 3 nitrogen and oxygen atoms in total. The summed E-state index contributed by atoms with van der Waals surface area (Å²) >= 11 is 0. The number of benzene rings is 1. The fourth-order valence-electron chi connectivity index (χ4n) is 2.97. The van der Waals surface area contributed by atoms with E-state index in [1.54, 1.807) is 24.5 Å². The van der Waals surface area contributed by atoms with E-state index in [0.29, 0.717) is 11.5 Å². The molecule has 1 aromatic heterocycles. The summed E-state index contributed by atoms with van der Waals surface area (Å²) in [4.78, 5) is 18.2. The molecule has 114 valence electrons. The number of hydrogen-bond acceptors (Lipinski definition) is 2. The molecule has 0 unspecified atom stereocenters. The van der Waals surface area contributed by atoms with Crippen molar-refractivity contribution in [3.63, 3.8) is 0 Å². The van der Waals surface area contributed by atoms with Crippen molar-refractivity contribution in [1.29, 1.82) is 0 Å². The van der Waals surface area contributed by atoms with Gasteiger partial charge in [-0.1, -0.05) is 12.1 Å². The minimum absolute atomic E-state index is 0.0858. The van der Waals surface area contributed by atoms with E-state index < -0.39 is 0 Å². The highest BCUT2D eigenvalue weighted by Crippen LogP contribution is 2.23. The van der Waals surface area contributed by atoms with Gasteiger partial charge < -0.3 is 4.90 Å². The van der Waals surface area contributed by atoms with E-state index in [-0.39, 0.29) is 11.7 Å². The molecule has 0 N–H and O–H groups in total. The Bertz CT molecular complexity index is 619. The molecule has 1 aliphatic rings. The average molecular weight is 298 g/mol. The van der Waals surface area contributed by atoms with Crippen molar-refractivity contribution in [3.8, 4) is 0 Å². The smallest absolute Gasteiger partial charge is 0.253 e. The topological polar surface area (TPSA) is 33.2 Å². The fourth-order valence-corrected chi connectivity index (χ4v) is 2.97. The monoisotopic (exact) mass is 298 g/mol. The number of rotatable bonds is 3. The van der Waals surface area contributed by atoms with Crippen LogP contribution in [0.3, 0.4) is 0 Å². The highest BCUT2D eigenvalue weighted by atomic mass is 19.1. The second-order valence-corrected chi connectivity index (χ2v) is 5.80. The Morgan fingerprint density at radius 3 is 2.36 bits per heavy atom. The van der Waals surface area contributed by atoms with Crippen molar-refractivity contribution in [2.24, 2.45) is 5.92 Å². The van der Waals surface area contributed by atoms with Crippen LogP contribution in [-0.4, -0.2) is 28.9 Å². The third kappa shape index (κ3) is 3.50. The zero-order valence-electron chi connectivity index (χ0n) is 12.4. The fraction of sp³-hybridized carbons (Fsp3) is 0.333. The lowest BCUT2D eigenvalue weighted by molar-refractivity contribution is 0.0690. The van der Waals surface area contributed by atoms with Gasteiger partial charge in [-0.25, -0.2) is 4.39 Å². The first-order chi connectivity index (χ1) is 10.7. The lowest BCUT2D eigenvalue weighted by Crippen LogP contribution is -2.38. The maximum Gasteiger partial charge on any atom is 0.253 e. The Balaban J connectivity index is 1.54. The van der Waals surface area contributed by atoms with Crippen LogP contribution in [0.5, 0.6) is 0 Å². The summed E-state index contributed by atoms with van der Waals surface area (Å²) in [7, 11) is 0. The number of piperidine rings is 1. The lowest BCUT2D eigenvalue weighted by Gasteiger charge is -2.32. The Labute approximate surface area is 129 Å². The number of carbonyl (C=O) groups excluding carboxylic acids is 1. The number of carbonyl (C=O) groups is 1. The van der Waals surface area contributed by atoms with Gasteiger partial charge in [-0.15, -0.1) is 0 Å². The third-order valence-electron chi connectivity index (χ3n) is 4.27. The van der Waals surface area contributed by atoms with Crippen LogP contribution in [0.15, 0.2) is 48.8 Å². The second kappa shape index (κ2) is 6.69. The van der Waals surface area contributed by atoms with Crippen molar-refractivity contribution >= 4 is 5.91 Å². The van der Waals surface area contributed by atoms with Gasteiger partial charge in [0.05, 0.1) is 0 Å². The van der Waals surface area contributed by atoms with Gasteiger partial charge in [0, 0.05) is 31.0 Å². The quantitative estimate of drug-likeness (QED) is 0.871. The number of halogens is 1. The van der Waals surface area contributed by atoms with Crippen molar-refractivity contribution in [3.05, 3.63) is 65.7 Å². The predicted molar refractivity (Wildman–Crippen MR) is 83.0 cm³/mol. The summed E-state index contributed by atoms with van der Waals surface area (Å²) in [6.07, 6.45) is 6.24. The van der Waals surface area contributed by atoms with Crippen molar-refractivity contribution in [1.82, 2.24) is 9.88 Å². The molecule has 3 rings (SSSR count). The molecule has 22 heavy (non-hydrogen) atoms. The molecule has 0 bridgehead atoms. The van der Waals surface area contributed by atoms with Crippen LogP contribution in [0.2, 0.25) is 0 Å². The molecule has 0 aliphatic carbocycles. The summed E-state index contributed by atoms with van der Waals surface area (Å²) in [5.74, 6) is 0.455. The predicted octanol–water partition coefficient (Wildman–Crippen LogP) is 3.32. The molecule has 2 aromatic rings. The van der Waals surface area contributed by atoms with Gasteiger partial charge in [-0.3, -0.25) is 9.78 Å². The van der Waals surface area contributed by atoms with Crippen LogP contribution in [0, 0.1) is 11.7 Å². The molecule has 2 heterocycles. The van der Waals surface area contributed by atoms with Crippen LogP contribution in [0.1, 0.15) is 28.8 Å². The lowest BCUT2D eigenvalue weighted by atomic mass is 9.90. The van der Waals surface area contributed by atoms with Gasteiger partial charge in [0.15, 0.2) is 0 Å². The Kier molecular flexibility index (Phi) is 4.47. The maximum absolute atomic E-state index is 12.9. The van der Waals surface area contributed by atoms with Gasteiger partial charge in [-0.2, -0.15) is 0 Å². The van der Waals surface area contributed by atoms with Gasteiger partial charge in [0.2, 0.25) is 0 Å². The molecule has 1 aromatic carbocycles. The first-order valence-electron chi connectivity index (χ1n) is 7.66.